The molecule has 1 aliphatic heterocycles. The second kappa shape index (κ2) is 6.75. The molecule has 0 saturated carbocycles. The molecule has 1 aliphatic rings. The molecular formula is C13H24N2O4. The Kier molecular flexibility index (Phi) is 5.60. The number of amides is 1. The molecule has 1 unspecified atom stereocenters. The van der Waals surface area contributed by atoms with E-state index in [0.29, 0.717) is 13.1 Å². The maximum absolute atomic E-state index is 12.0. The van der Waals surface area contributed by atoms with E-state index in [9.17, 15) is 9.59 Å². The zero-order valence-corrected chi connectivity index (χ0v) is 12.2. The van der Waals surface area contributed by atoms with Gasteiger partial charge in [0.15, 0.2) is 0 Å². The fourth-order valence-corrected chi connectivity index (χ4v) is 2.02. The number of methoxy groups -OCH3 is 1. The van der Waals surface area contributed by atoms with Crippen LogP contribution in [0.4, 0.5) is 4.79 Å². The minimum atomic E-state index is -0.482. The highest BCUT2D eigenvalue weighted by molar-refractivity contribution is 5.71. The molecular weight excluding hydrogens is 248 g/mol. The zero-order chi connectivity index (χ0) is 14.5. The standard InChI is InChI=1S/C13H24N2O4/c1-13(2,3)19-12(17)15-7-5-6-10(15)8-14-9-11(16)18-4/h10,14H,5-9H2,1-4H3. The van der Waals surface area contributed by atoms with Crippen LogP contribution in [0.5, 0.6) is 0 Å². The number of hydrogen-bond acceptors (Lipinski definition) is 5. The van der Waals surface area contributed by atoms with Crippen molar-refractivity contribution in [2.45, 2.75) is 45.3 Å². The number of likely N-dealkylation sites (tertiary alicyclic amines) is 1. The molecule has 0 aromatic rings. The molecule has 0 aliphatic carbocycles. The van der Waals surface area contributed by atoms with E-state index < -0.39 is 5.60 Å². The van der Waals surface area contributed by atoms with Crippen molar-refractivity contribution in [1.29, 1.82) is 0 Å². The molecule has 1 heterocycles. The third-order valence-corrected chi connectivity index (χ3v) is 2.88. The minimum absolute atomic E-state index is 0.0829. The van der Waals surface area contributed by atoms with E-state index in [1.165, 1.54) is 7.11 Å². The lowest BCUT2D eigenvalue weighted by molar-refractivity contribution is -0.139. The third-order valence-electron chi connectivity index (χ3n) is 2.88. The summed E-state index contributed by atoms with van der Waals surface area (Å²) in [6.45, 7) is 7.01. The highest BCUT2D eigenvalue weighted by Crippen LogP contribution is 2.20. The van der Waals surface area contributed by atoms with Gasteiger partial charge in [0, 0.05) is 19.1 Å². The first-order chi connectivity index (χ1) is 8.83. The molecule has 110 valence electrons. The lowest BCUT2D eigenvalue weighted by atomic mass is 10.2. The molecule has 0 bridgehead atoms. The van der Waals surface area contributed by atoms with Gasteiger partial charge in [-0.15, -0.1) is 0 Å². The third kappa shape index (κ3) is 5.46. The summed E-state index contributed by atoms with van der Waals surface area (Å²) in [5.41, 5.74) is -0.482. The number of nitrogens with one attached hydrogen (secondary N) is 1. The monoisotopic (exact) mass is 272 g/mol. The lowest BCUT2D eigenvalue weighted by Gasteiger charge is -2.28. The quantitative estimate of drug-likeness (QED) is 0.778. The van der Waals surface area contributed by atoms with Crippen LogP contribution in [0.15, 0.2) is 0 Å². The molecule has 0 radical (unpaired) electrons. The van der Waals surface area contributed by atoms with Gasteiger partial charge in [-0.3, -0.25) is 4.79 Å². The van der Waals surface area contributed by atoms with Crippen molar-refractivity contribution in [3.05, 3.63) is 0 Å². The van der Waals surface area contributed by atoms with Crippen LogP contribution >= 0.6 is 0 Å². The lowest BCUT2D eigenvalue weighted by Crippen LogP contribution is -2.44. The first-order valence-electron chi connectivity index (χ1n) is 6.60. The van der Waals surface area contributed by atoms with E-state index in [0.717, 1.165) is 12.8 Å². The van der Waals surface area contributed by atoms with Crippen LogP contribution in [-0.4, -0.2) is 55.3 Å². The van der Waals surface area contributed by atoms with Crippen LogP contribution in [0, 0.1) is 0 Å². The maximum Gasteiger partial charge on any atom is 0.410 e. The van der Waals surface area contributed by atoms with E-state index in [-0.39, 0.29) is 24.6 Å². The van der Waals surface area contributed by atoms with Crippen molar-refractivity contribution in [2.24, 2.45) is 0 Å². The van der Waals surface area contributed by atoms with Crippen LogP contribution in [0.3, 0.4) is 0 Å². The number of carbonyl (C=O) groups excluding carboxylic acids is 2. The number of ether oxygens (including phenoxy) is 2. The van der Waals surface area contributed by atoms with E-state index in [4.69, 9.17) is 4.74 Å². The van der Waals surface area contributed by atoms with Gasteiger partial charge in [-0.2, -0.15) is 0 Å². The SMILES string of the molecule is COC(=O)CNCC1CCCN1C(=O)OC(C)(C)C. The van der Waals surface area contributed by atoms with Gasteiger partial charge < -0.3 is 19.7 Å². The van der Waals surface area contributed by atoms with Gasteiger partial charge in [-0.05, 0) is 33.6 Å². The number of esters is 1. The van der Waals surface area contributed by atoms with E-state index in [1.54, 1.807) is 4.90 Å². The highest BCUT2D eigenvalue weighted by atomic mass is 16.6. The fourth-order valence-electron chi connectivity index (χ4n) is 2.02. The summed E-state index contributed by atoms with van der Waals surface area (Å²) in [6, 6.07) is 0.0829. The molecule has 0 aromatic heterocycles. The number of nitrogens with zero attached hydrogens (tertiary/aromatic N) is 1. The number of hydrogen-bond donors (Lipinski definition) is 1. The summed E-state index contributed by atoms with van der Waals surface area (Å²) in [7, 11) is 1.35. The number of rotatable bonds is 4. The first-order valence-corrected chi connectivity index (χ1v) is 6.60. The van der Waals surface area contributed by atoms with Gasteiger partial charge in [0.05, 0.1) is 13.7 Å². The van der Waals surface area contributed by atoms with Crippen LogP contribution in [0.25, 0.3) is 0 Å². The second-order valence-electron chi connectivity index (χ2n) is 5.68. The molecule has 1 atom stereocenters. The molecule has 19 heavy (non-hydrogen) atoms. The molecule has 0 aromatic carbocycles. The molecule has 6 heteroatoms. The van der Waals surface area contributed by atoms with E-state index >= 15 is 0 Å². The van der Waals surface area contributed by atoms with Crippen molar-refractivity contribution in [3.63, 3.8) is 0 Å². The second-order valence-corrected chi connectivity index (χ2v) is 5.68. The average molecular weight is 272 g/mol. The summed E-state index contributed by atoms with van der Waals surface area (Å²) in [5, 5.41) is 3.00. The Morgan fingerprint density at radius 2 is 2.05 bits per heavy atom. The Morgan fingerprint density at radius 3 is 2.63 bits per heavy atom. The molecule has 1 fully saturated rings. The van der Waals surface area contributed by atoms with Crippen LogP contribution in [-0.2, 0) is 14.3 Å². The van der Waals surface area contributed by atoms with Gasteiger partial charge in [0.2, 0.25) is 0 Å². The maximum atomic E-state index is 12.0. The van der Waals surface area contributed by atoms with Crippen molar-refractivity contribution in [3.8, 4) is 0 Å². The first kappa shape index (κ1) is 15.8. The van der Waals surface area contributed by atoms with Gasteiger partial charge in [0.25, 0.3) is 0 Å². The molecule has 1 rings (SSSR count). The summed E-state index contributed by atoms with van der Waals surface area (Å²) in [5.74, 6) is -0.304. The topological polar surface area (TPSA) is 67.9 Å². The molecule has 1 N–H and O–H groups in total. The van der Waals surface area contributed by atoms with Crippen molar-refractivity contribution < 1.29 is 19.1 Å². The van der Waals surface area contributed by atoms with Crippen molar-refractivity contribution >= 4 is 12.1 Å². The summed E-state index contributed by atoms with van der Waals surface area (Å²) in [6.07, 6.45) is 1.60. The van der Waals surface area contributed by atoms with Crippen LogP contribution in [0.2, 0.25) is 0 Å². The summed E-state index contributed by atoms with van der Waals surface area (Å²) >= 11 is 0. The molecule has 6 nitrogen and oxygen atoms in total. The predicted molar refractivity (Wildman–Crippen MR) is 70.8 cm³/mol. The predicted octanol–water partition coefficient (Wildman–Crippen LogP) is 1.15. The smallest absolute Gasteiger partial charge is 0.410 e. The largest absolute Gasteiger partial charge is 0.468 e. The number of carbonyl (C=O) groups is 2. The Balaban J connectivity index is 2.41. The van der Waals surface area contributed by atoms with Crippen molar-refractivity contribution in [1.82, 2.24) is 10.2 Å². The van der Waals surface area contributed by atoms with E-state index in [2.05, 4.69) is 10.1 Å². The molecule has 0 spiro atoms. The van der Waals surface area contributed by atoms with Crippen LogP contribution < -0.4 is 5.32 Å². The molecule has 1 saturated heterocycles. The van der Waals surface area contributed by atoms with E-state index in [1.807, 2.05) is 20.8 Å². The summed E-state index contributed by atoms with van der Waals surface area (Å²) < 4.78 is 9.92. The van der Waals surface area contributed by atoms with Crippen LogP contribution in [0.1, 0.15) is 33.6 Å². The Hall–Kier alpha value is -1.30. The van der Waals surface area contributed by atoms with Gasteiger partial charge in [-0.1, -0.05) is 0 Å². The Labute approximate surface area is 114 Å². The minimum Gasteiger partial charge on any atom is -0.468 e. The van der Waals surface area contributed by atoms with Gasteiger partial charge in [0.1, 0.15) is 5.60 Å². The molecule has 1 amide bonds. The summed E-state index contributed by atoms with van der Waals surface area (Å²) in [4.78, 5) is 24.7. The highest BCUT2D eigenvalue weighted by Gasteiger charge is 2.31. The average Bonchev–Trinajstić information content (AvgIpc) is 2.75. The van der Waals surface area contributed by atoms with Crippen molar-refractivity contribution in [2.75, 3.05) is 26.7 Å². The fraction of sp³-hybridized carbons (Fsp3) is 0.846. The normalized spacial score (nSPS) is 19.4. The van der Waals surface area contributed by atoms with Gasteiger partial charge >= 0.3 is 12.1 Å². The Bertz CT molecular complexity index is 325. The van der Waals surface area contributed by atoms with Gasteiger partial charge in [-0.25, -0.2) is 4.79 Å². The zero-order valence-electron chi connectivity index (χ0n) is 12.2. The Morgan fingerprint density at radius 1 is 1.37 bits per heavy atom.